The quantitative estimate of drug-likeness (QED) is 0.382. The summed E-state index contributed by atoms with van der Waals surface area (Å²) in [6.07, 6.45) is 23.6. The molecule has 3 aliphatic rings. The van der Waals surface area contributed by atoms with Crippen LogP contribution >= 0.6 is 0 Å². The van der Waals surface area contributed by atoms with Crippen LogP contribution in [-0.2, 0) is 0 Å². The zero-order chi connectivity index (χ0) is 21.5. The molecule has 0 radical (unpaired) electrons. The fraction of sp³-hybridized carbons (Fsp3) is 0.667. The zero-order valence-corrected chi connectivity index (χ0v) is 19.8. The summed E-state index contributed by atoms with van der Waals surface area (Å²) in [5.41, 5.74) is 1.53. The number of ether oxygens (including phenoxy) is 1. The lowest BCUT2D eigenvalue weighted by Gasteiger charge is -2.45. The van der Waals surface area contributed by atoms with Crippen molar-refractivity contribution >= 4 is 0 Å². The molecule has 4 rings (SSSR count). The molecule has 0 saturated heterocycles. The van der Waals surface area contributed by atoms with Crippen molar-refractivity contribution in [3.8, 4) is 5.75 Å². The Balaban J connectivity index is 1.22. The molecule has 4 unspecified atom stereocenters. The summed E-state index contributed by atoms with van der Waals surface area (Å²) in [6.45, 7) is 6.62. The van der Waals surface area contributed by atoms with Gasteiger partial charge in [-0.25, -0.2) is 0 Å². The SMILES string of the molecule is C=CCCC1CCC2CC(C3CCC(c4ccc(OC/C=C/C)cc4)CC3)CCC2C1. The highest BCUT2D eigenvalue weighted by Gasteiger charge is 2.38. The van der Waals surface area contributed by atoms with Crippen LogP contribution in [0, 0.1) is 29.6 Å². The fourth-order valence-corrected chi connectivity index (χ4v) is 7.07. The van der Waals surface area contributed by atoms with Crippen molar-refractivity contribution in [2.24, 2.45) is 29.6 Å². The van der Waals surface area contributed by atoms with Gasteiger partial charge in [-0.3, -0.25) is 0 Å². The van der Waals surface area contributed by atoms with Crippen molar-refractivity contribution in [1.29, 1.82) is 0 Å². The number of hydrogen-bond donors (Lipinski definition) is 0. The molecule has 3 fully saturated rings. The molecule has 3 saturated carbocycles. The predicted molar refractivity (Wildman–Crippen MR) is 133 cm³/mol. The largest absolute Gasteiger partial charge is 0.490 e. The topological polar surface area (TPSA) is 9.23 Å². The van der Waals surface area contributed by atoms with E-state index in [2.05, 4.69) is 43.0 Å². The molecule has 4 atom stereocenters. The maximum Gasteiger partial charge on any atom is 0.119 e. The van der Waals surface area contributed by atoms with E-state index in [9.17, 15) is 0 Å². The predicted octanol–water partition coefficient (Wildman–Crippen LogP) is 8.71. The van der Waals surface area contributed by atoms with E-state index in [4.69, 9.17) is 4.74 Å². The smallest absolute Gasteiger partial charge is 0.119 e. The molecule has 0 N–H and O–H groups in total. The third kappa shape index (κ3) is 6.05. The maximum absolute atomic E-state index is 5.76. The molecular formula is C30H44O. The second-order valence-electron chi connectivity index (χ2n) is 10.7. The van der Waals surface area contributed by atoms with Crippen LogP contribution in [0.3, 0.4) is 0 Å². The van der Waals surface area contributed by atoms with Crippen LogP contribution in [0.5, 0.6) is 5.75 Å². The first-order valence-corrected chi connectivity index (χ1v) is 13.2. The van der Waals surface area contributed by atoms with Gasteiger partial charge in [-0.05, 0) is 131 Å². The Kier molecular flexibility index (Phi) is 8.34. The van der Waals surface area contributed by atoms with Crippen LogP contribution in [0.25, 0.3) is 0 Å². The number of hydrogen-bond acceptors (Lipinski definition) is 1. The van der Waals surface area contributed by atoms with Gasteiger partial charge in [0.05, 0.1) is 0 Å². The minimum atomic E-state index is 0.666. The summed E-state index contributed by atoms with van der Waals surface area (Å²) >= 11 is 0. The van der Waals surface area contributed by atoms with Crippen molar-refractivity contribution in [2.45, 2.75) is 89.9 Å². The van der Waals surface area contributed by atoms with Crippen LogP contribution in [0.1, 0.15) is 95.5 Å². The van der Waals surface area contributed by atoms with E-state index in [1.165, 1.54) is 76.2 Å². The average molecular weight is 421 g/mol. The second-order valence-corrected chi connectivity index (χ2v) is 10.7. The van der Waals surface area contributed by atoms with Gasteiger partial charge >= 0.3 is 0 Å². The molecule has 0 heterocycles. The Labute approximate surface area is 191 Å². The summed E-state index contributed by atoms with van der Waals surface area (Å²) in [5.74, 6) is 6.86. The molecule has 1 aromatic rings. The highest BCUT2D eigenvalue weighted by Crippen LogP contribution is 2.50. The summed E-state index contributed by atoms with van der Waals surface area (Å²) in [5, 5.41) is 0. The molecule has 1 aromatic carbocycles. The molecule has 1 nitrogen and oxygen atoms in total. The summed E-state index contributed by atoms with van der Waals surface area (Å²) in [7, 11) is 0. The minimum Gasteiger partial charge on any atom is -0.490 e. The van der Waals surface area contributed by atoms with Gasteiger partial charge in [0.1, 0.15) is 12.4 Å². The van der Waals surface area contributed by atoms with Gasteiger partial charge < -0.3 is 4.74 Å². The van der Waals surface area contributed by atoms with Crippen LogP contribution in [0.2, 0.25) is 0 Å². The van der Waals surface area contributed by atoms with Gasteiger partial charge in [-0.15, -0.1) is 6.58 Å². The highest BCUT2D eigenvalue weighted by molar-refractivity contribution is 5.30. The van der Waals surface area contributed by atoms with E-state index in [-0.39, 0.29) is 0 Å². The molecular weight excluding hydrogens is 376 g/mol. The van der Waals surface area contributed by atoms with Gasteiger partial charge in [0, 0.05) is 0 Å². The summed E-state index contributed by atoms with van der Waals surface area (Å²) in [6, 6.07) is 8.95. The maximum atomic E-state index is 5.76. The van der Waals surface area contributed by atoms with Crippen LogP contribution in [0.4, 0.5) is 0 Å². The normalized spacial score (nSPS) is 33.7. The first kappa shape index (κ1) is 22.7. The van der Waals surface area contributed by atoms with Crippen LogP contribution in [-0.4, -0.2) is 6.61 Å². The first-order chi connectivity index (χ1) is 15.3. The Morgan fingerprint density at radius 3 is 2.19 bits per heavy atom. The van der Waals surface area contributed by atoms with Crippen LogP contribution < -0.4 is 4.74 Å². The van der Waals surface area contributed by atoms with Gasteiger partial charge in [0.15, 0.2) is 0 Å². The molecule has 0 aliphatic heterocycles. The number of rotatable bonds is 8. The van der Waals surface area contributed by atoms with E-state index in [0.717, 1.165) is 41.3 Å². The first-order valence-electron chi connectivity index (χ1n) is 13.2. The standard InChI is InChI=1S/C30H44O/c1-3-5-7-23-8-9-29-22-28(15-14-27(29)21-23)26-12-10-24(11-13-26)25-16-18-30(19-17-25)31-20-6-4-2/h3-4,6,16-19,23-24,26-29H,1,5,7-15,20-22H2,2H3/b6-4+. The van der Waals surface area contributed by atoms with Crippen molar-refractivity contribution in [3.05, 3.63) is 54.6 Å². The molecule has 3 aliphatic carbocycles. The highest BCUT2D eigenvalue weighted by atomic mass is 16.5. The van der Waals surface area contributed by atoms with Crippen molar-refractivity contribution in [2.75, 3.05) is 6.61 Å². The molecule has 1 heteroatoms. The van der Waals surface area contributed by atoms with Crippen molar-refractivity contribution in [3.63, 3.8) is 0 Å². The van der Waals surface area contributed by atoms with Gasteiger partial charge in [-0.2, -0.15) is 0 Å². The Bertz CT molecular complexity index is 694. The number of allylic oxidation sites excluding steroid dienone is 2. The van der Waals surface area contributed by atoms with E-state index >= 15 is 0 Å². The summed E-state index contributed by atoms with van der Waals surface area (Å²) < 4.78 is 5.76. The Morgan fingerprint density at radius 1 is 0.839 bits per heavy atom. The number of benzene rings is 1. The Hall–Kier alpha value is -1.50. The summed E-state index contributed by atoms with van der Waals surface area (Å²) in [4.78, 5) is 0. The lowest BCUT2D eigenvalue weighted by Crippen LogP contribution is -2.34. The lowest BCUT2D eigenvalue weighted by atomic mass is 9.60. The molecule has 170 valence electrons. The molecule has 0 bridgehead atoms. The zero-order valence-electron chi connectivity index (χ0n) is 19.8. The van der Waals surface area contributed by atoms with Crippen molar-refractivity contribution < 1.29 is 4.74 Å². The number of fused-ring (bicyclic) bond motifs is 1. The second kappa shape index (κ2) is 11.4. The fourth-order valence-electron chi connectivity index (χ4n) is 7.07. The molecule has 0 amide bonds. The van der Waals surface area contributed by atoms with Gasteiger partial charge in [0.2, 0.25) is 0 Å². The molecule has 0 aromatic heterocycles. The van der Waals surface area contributed by atoms with E-state index in [0.29, 0.717) is 6.61 Å². The van der Waals surface area contributed by atoms with Gasteiger partial charge in [-0.1, -0.05) is 36.8 Å². The minimum absolute atomic E-state index is 0.666. The van der Waals surface area contributed by atoms with Crippen molar-refractivity contribution in [1.82, 2.24) is 0 Å². The van der Waals surface area contributed by atoms with Gasteiger partial charge in [0.25, 0.3) is 0 Å². The Morgan fingerprint density at radius 2 is 1.48 bits per heavy atom. The monoisotopic (exact) mass is 420 g/mol. The van der Waals surface area contributed by atoms with Crippen LogP contribution in [0.15, 0.2) is 49.1 Å². The lowest BCUT2D eigenvalue weighted by molar-refractivity contribution is 0.0621. The molecule has 0 spiro atoms. The van der Waals surface area contributed by atoms with E-state index in [1.807, 2.05) is 13.0 Å². The average Bonchev–Trinajstić information content (AvgIpc) is 2.83. The third-order valence-corrected chi connectivity index (χ3v) is 8.91. The van der Waals surface area contributed by atoms with E-state index in [1.54, 1.807) is 6.42 Å². The third-order valence-electron chi connectivity index (χ3n) is 8.91. The molecule has 31 heavy (non-hydrogen) atoms. The van der Waals surface area contributed by atoms with E-state index < -0.39 is 0 Å².